The van der Waals surface area contributed by atoms with Gasteiger partial charge in [-0.25, -0.2) is 0 Å². The summed E-state index contributed by atoms with van der Waals surface area (Å²) >= 11 is 0. The van der Waals surface area contributed by atoms with Gasteiger partial charge >= 0.3 is 0 Å². The first-order valence-corrected chi connectivity index (χ1v) is 9.83. The van der Waals surface area contributed by atoms with Gasteiger partial charge in [0.05, 0.1) is 0 Å². The molecule has 0 spiro atoms. The minimum atomic E-state index is 1.09. The van der Waals surface area contributed by atoms with E-state index in [1.807, 2.05) is 0 Å². The van der Waals surface area contributed by atoms with E-state index in [-0.39, 0.29) is 0 Å². The largest absolute Gasteiger partial charge is 0.361 e. The number of aromatic amines is 1. The Balaban J connectivity index is 1.24. The molecule has 1 aromatic heterocycles. The lowest BCUT2D eigenvalue weighted by atomic mass is 9.98. The van der Waals surface area contributed by atoms with Crippen LogP contribution in [0.3, 0.4) is 0 Å². The van der Waals surface area contributed by atoms with E-state index >= 15 is 0 Å². The summed E-state index contributed by atoms with van der Waals surface area (Å²) in [5, 5.41) is 1.39. The molecule has 0 saturated heterocycles. The van der Waals surface area contributed by atoms with Gasteiger partial charge in [0.25, 0.3) is 0 Å². The van der Waals surface area contributed by atoms with E-state index in [0.717, 1.165) is 6.54 Å². The van der Waals surface area contributed by atoms with Gasteiger partial charge < -0.3 is 4.98 Å². The molecule has 2 heteroatoms. The number of aryl methyl sites for hydroxylation is 2. The summed E-state index contributed by atoms with van der Waals surface area (Å²) < 4.78 is 0. The predicted molar refractivity (Wildman–Crippen MR) is 111 cm³/mol. The average molecular weight is 345 g/mol. The van der Waals surface area contributed by atoms with Crippen LogP contribution in [0, 0.1) is 6.92 Å². The van der Waals surface area contributed by atoms with Gasteiger partial charge in [0.15, 0.2) is 0 Å². The molecule has 1 N–H and O–H groups in total. The fourth-order valence-corrected chi connectivity index (χ4v) is 3.93. The van der Waals surface area contributed by atoms with Gasteiger partial charge in [0.2, 0.25) is 0 Å². The quantitative estimate of drug-likeness (QED) is 0.578. The highest BCUT2D eigenvalue weighted by atomic mass is 15.1. The van der Waals surface area contributed by atoms with Gasteiger partial charge in [-0.05, 0) is 61.9 Å². The smallest absolute Gasteiger partial charge is 0.0456 e. The minimum Gasteiger partial charge on any atom is -0.361 e. The molecule has 2 nitrogen and oxygen atoms in total. The van der Waals surface area contributed by atoms with Crippen molar-refractivity contribution >= 4 is 16.5 Å². The molecule has 0 fully saturated rings. The van der Waals surface area contributed by atoms with Crippen LogP contribution in [-0.2, 0) is 6.42 Å². The highest BCUT2D eigenvalue weighted by Gasteiger charge is 2.12. The molecule has 26 heavy (non-hydrogen) atoms. The van der Waals surface area contributed by atoms with Gasteiger partial charge in [-0.3, -0.25) is 4.90 Å². The van der Waals surface area contributed by atoms with E-state index in [2.05, 4.69) is 77.6 Å². The number of para-hydroxylation sites is 1. The fourth-order valence-electron chi connectivity index (χ4n) is 3.93. The SMILES string of the molecule is Cc1ccc(C2=CCN(CCCCc3c[nH]c4ccccc34)CC2)cc1. The zero-order valence-corrected chi connectivity index (χ0v) is 15.7. The summed E-state index contributed by atoms with van der Waals surface area (Å²) in [7, 11) is 0. The molecule has 2 heterocycles. The number of H-pyrrole nitrogens is 1. The van der Waals surface area contributed by atoms with Crippen LogP contribution < -0.4 is 0 Å². The van der Waals surface area contributed by atoms with E-state index < -0.39 is 0 Å². The third-order valence-electron chi connectivity index (χ3n) is 5.56. The minimum absolute atomic E-state index is 1.09. The zero-order chi connectivity index (χ0) is 17.8. The second kappa shape index (κ2) is 7.92. The Bertz CT molecular complexity index is 886. The zero-order valence-electron chi connectivity index (χ0n) is 15.7. The van der Waals surface area contributed by atoms with Gasteiger partial charge in [-0.15, -0.1) is 0 Å². The molecule has 0 atom stereocenters. The average Bonchev–Trinajstić information content (AvgIpc) is 3.10. The summed E-state index contributed by atoms with van der Waals surface area (Å²) in [6.45, 7) is 5.64. The van der Waals surface area contributed by atoms with Crippen molar-refractivity contribution < 1.29 is 0 Å². The van der Waals surface area contributed by atoms with Crippen molar-refractivity contribution in [3.63, 3.8) is 0 Å². The lowest BCUT2D eigenvalue weighted by Gasteiger charge is -2.26. The maximum Gasteiger partial charge on any atom is 0.0456 e. The Morgan fingerprint density at radius 1 is 1.00 bits per heavy atom. The monoisotopic (exact) mass is 344 g/mol. The lowest BCUT2D eigenvalue weighted by Crippen LogP contribution is -2.29. The van der Waals surface area contributed by atoms with Crippen molar-refractivity contribution in [2.45, 2.75) is 32.6 Å². The van der Waals surface area contributed by atoms with Crippen LogP contribution in [0.4, 0.5) is 0 Å². The number of benzene rings is 2. The normalized spacial score (nSPS) is 15.3. The molecule has 0 aliphatic carbocycles. The topological polar surface area (TPSA) is 19.0 Å². The Morgan fingerprint density at radius 3 is 2.65 bits per heavy atom. The van der Waals surface area contributed by atoms with Crippen LogP contribution >= 0.6 is 0 Å². The number of nitrogens with zero attached hydrogens (tertiary/aromatic N) is 1. The first-order chi connectivity index (χ1) is 12.8. The molecule has 1 aliphatic rings. The molecule has 4 rings (SSSR count). The summed E-state index contributed by atoms with van der Waals surface area (Å²) in [5.74, 6) is 0. The second-order valence-electron chi connectivity index (χ2n) is 7.46. The summed E-state index contributed by atoms with van der Waals surface area (Å²) in [4.78, 5) is 5.97. The van der Waals surface area contributed by atoms with E-state index in [1.54, 1.807) is 0 Å². The van der Waals surface area contributed by atoms with E-state index in [0.29, 0.717) is 0 Å². The molecular formula is C24H28N2. The maximum atomic E-state index is 3.38. The summed E-state index contributed by atoms with van der Waals surface area (Å²) in [5.41, 5.74) is 6.96. The molecule has 0 amide bonds. The molecule has 134 valence electrons. The molecule has 0 unspecified atom stereocenters. The summed E-state index contributed by atoms with van der Waals surface area (Å²) in [6.07, 6.45) is 9.48. The van der Waals surface area contributed by atoms with E-state index in [4.69, 9.17) is 0 Å². The highest BCUT2D eigenvalue weighted by molar-refractivity contribution is 5.83. The van der Waals surface area contributed by atoms with Crippen LogP contribution in [0.25, 0.3) is 16.5 Å². The highest BCUT2D eigenvalue weighted by Crippen LogP contribution is 2.23. The standard InChI is InChI=1S/C24H28N2/c1-19-9-11-20(12-10-19)21-13-16-26(17-14-21)15-5-4-6-22-18-25-24-8-3-2-7-23(22)24/h2-3,7-13,18,25H,4-6,14-17H2,1H3. The number of hydrogen-bond donors (Lipinski definition) is 1. The summed E-state index contributed by atoms with van der Waals surface area (Å²) in [6, 6.07) is 17.6. The van der Waals surface area contributed by atoms with E-state index in [1.165, 1.54) is 71.9 Å². The van der Waals surface area contributed by atoms with Gasteiger partial charge in [0.1, 0.15) is 0 Å². The molecule has 0 radical (unpaired) electrons. The van der Waals surface area contributed by atoms with Gasteiger partial charge in [-0.2, -0.15) is 0 Å². The number of aromatic nitrogens is 1. The van der Waals surface area contributed by atoms with Crippen molar-refractivity contribution in [3.8, 4) is 0 Å². The number of nitrogens with one attached hydrogen (secondary N) is 1. The Hall–Kier alpha value is -2.32. The van der Waals surface area contributed by atoms with Crippen LogP contribution in [0.2, 0.25) is 0 Å². The predicted octanol–water partition coefficient (Wildman–Crippen LogP) is 5.59. The number of rotatable bonds is 6. The lowest BCUT2D eigenvalue weighted by molar-refractivity contribution is 0.295. The second-order valence-corrected chi connectivity index (χ2v) is 7.46. The van der Waals surface area contributed by atoms with Crippen LogP contribution in [0.1, 0.15) is 36.0 Å². The van der Waals surface area contributed by atoms with Crippen molar-refractivity contribution in [1.82, 2.24) is 9.88 Å². The van der Waals surface area contributed by atoms with Crippen molar-refractivity contribution in [1.29, 1.82) is 0 Å². The molecule has 0 saturated carbocycles. The molecule has 1 aliphatic heterocycles. The first kappa shape index (κ1) is 17.1. The Labute approximate surface area is 156 Å². The van der Waals surface area contributed by atoms with Crippen molar-refractivity contribution in [2.24, 2.45) is 0 Å². The van der Waals surface area contributed by atoms with Crippen LogP contribution in [0.5, 0.6) is 0 Å². The Kier molecular flexibility index (Phi) is 5.21. The fraction of sp³-hybridized carbons (Fsp3) is 0.333. The van der Waals surface area contributed by atoms with Crippen LogP contribution in [-0.4, -0.2) is 29.5 Å². The van der Waals surface area contributed by atoms with Gasteiger partial charge in [0, 0.05) is 30.2 Å². The third-order valence-corrected chi connectivity index (χ3v) is 5.56. The van der Waals surface area contributed by atoms with Crippen molar-refractivity contribution in [3.05, 3.63) is 77.5 Å². The molecular weight excluding hydrogens is 316 g/mol. The maximum absolute atomic E-state index is 3.38. The number of fused-ring (bicyclic) bond motifs is 1. The molecule has 3 aromatic rings. The number of unbranched alkanes of at least 4 members (excludes halogenated alkanes) is 1. The number of hydrogen-bond acceptors (Lipinski definition) is 1. The van der Waals surface area contributed by atoms with E-state index in [9.17, 15) is 0 Å². The molecule has 0 bridgehead atoms. The molecule has 2 aromatic carbocycles. The van der Waals surface area contributed by atoms with Crippen molar-refractivity contribution in [2.75, 3.05) is 19.6 Å². The van der Waals surface area contributed by atoms with Gasteiger partial charge in [-0.1, -0.05) is 54.1 Å². The van der Waals surface area contributed by atoms with Crippen LogP contribution in [0.15, 0.2) is 60.8 Å². The third kappa shape index (κ3) is 3.91. The first-order valence-electron chi connectivity index (χ1n) is 9.83. The Morgan fingerprint density at radius 2 is 1.85 bits per heavy atom.